The number of hydrogen-bond acceptors (Lipinski definition) is 4. The largest absolute Gasteiger partial charge is 0.444 e. The first-order valence-corrected chi connectivity index (χ1v) is 9.64. The van der Waals surface area contributed by atoms with E-state index in [0.29, 0.717) is 6.42 Å². The molecule has 2 aromatic rings. The van der Waals surface area contributed by atoms with Gasteiger partial charge in [0.15, 0.2) is 11.3 Å². The van der Waals surface area contributed by atoms with Crippen LogP contribution in [0.1, 0.15) is 31.9 Å². The Morgan fingerprint density at radius 1 is 1.00 bits per heavy atom. The van der Waals surface area contributed by atoms with E-state index >= 15 is 0 Å². The molecule has 0 saturated carbocycles. The molecular weight excluding hydrogens is 368 g/mol. The fraction of sp³-hybridized carbons (Fsp3) is 0.348. The summed E-state index contributed by atoms with van der Waals surface area (Å²) < 4.78 is 5.33. The van der Waals surface area contributed by atoms with E-state index in [1.54, 1.807) is 20.8 Å². The number of carbonyl (C=O) groups excluding carboxylic acids is 3. The van der Waals surface area contributed by atoms with Crippen molar-refractivity contribution in [1.82, 2.24) is 10.6 Å². The minimum Gasteiger partial charge on any atom is -0.444 e. The minimum atomic E-state index is -1.71. The molecule has 1 aliphatic rings. The van der Waals surface area contributed by atoms with Gasteiger partial charge >= 0.3 is 6.09 Å². The Balaban J connectivity index is 1.90. The summed E-state index contributed by atoms with van der Waals surface area (Å²) in [6.45, 7) is 5.18. The van der Waals surface area contributed by atoms with Gasteiger partial charge in [0.25, 0.3) is 5.91 Å². The van der Waals surface area contributed by atoms with Crippen molar-refractivity contribution in [2.75, 3.05) is 0 Å². The quantitative estimate of drug-likeness (QED) is 0.764. The van der Waals surface area contributed by atoms with E-state index in [2.05, 4.69) is 10.6 Å². The maximum absolute atomic E-state index is 13.4. The molecule has 2 unspecified atom stereocenters. The number of rotatable bonds is 5. The van der Waals surface area contributed by atoms with E-state index in [-0.39, 0.29) is 12.2 Å². The van der Waals surface area contributed by atoms with Crippen molar-refractivity contribution in [3.05, 3.63) is 71.8 Å². The second kappa shape index (κ2) is 8.07. The summed E-state index contributed by atoms with van der Waals surface area (Å²) in [7, 11) is 0. The molecule has 2 amide bonds. The smallest absolute Gasteiger partial charge is 0.408 e. The fourth-order valence-electron chi connectivity index (χ4n) is 3.46. The molecule has 2 atom stereocenters. The average molecular weight is 394 g/mol. The Bertz CT molecular complexity index is 890. The summed E-state index contributed by atoms with van der Waals surface area (Å²) in [4.78, 5) is 38.9. The van der Waals surface area contributed by atoms with Crippen molar-refractivity contribution in [1.29, 1.82) is 0 Å². The zero-order chi connectivity index (χ0) is 21.1. The highest BCUT2D eigenvalue weighted by atomic mass is 16.6. The van der Waals surface area contributed by atoms with E-state index in [0.717, 1.165) is 11.1 Å². The van der Waals surface area contributed by atoms with Gasteiger partial charge in [-0.1, -0.05) is 60.7 Å². The molecular formula is C23H26N2O4. The topological polar surface area (TPSA) is 84.5 Å². The molecule has 1 saturated heterocycles. The van der Waals surface area contributed by atoms with E-state index in [9.17, 15) is 14.4 Å². The van der Waals surface area contributed by atoms with Gasteiger partial charge in [-0.3, -0.25) is 14.9 Å². The van der Waals surface area contributed by atoms with Crippen LogP contribution in [0.3, 0.4) is 0 Å². The molecule has 1 fully saturated rings. The number of nitrogens with one attached hydrogen (secondary N) is 2. The summed E-state index contributed by atoms with van der Waals surface area (Å²) in [5, 5.41) is 5.36. The number of Topliss-reactive ketones (excluding diaryl/α,β-unsaturated/α-hetero) is 1. The van der Waals surface area contributed by atoms with Crippen molar-refractivity contribution in [2.24, 2.45) is 0 Å². The summed E-state index contributed by atoms with van der Waals surface area (Å²) in [5.41, 5.74) is -0.755. The van der Waals surface area contributed by atoms with Crippen LogP contribution in [0.2, 0.25) is 0 Å². The summed E-state index contributed by atoms with van der Waals surface area (Å²) in [5.74, 6) is -0.876. The molecule has 2 N–H and O–H groups in total. The number of hydrogen-bond donors (Lipinski definition) is 2. The summed E-state index contributed by atoms with van der Waals surface area (Å²) in [6, 6.07) is 17.9. The maximum atomic E-state index is 13.4. The van der Waals surface area contributed by atoms with Crippen molar-refractivity contribution in [2.45, 2.75) is 50.8 Å². The number of carbonyl (C=O) groups is 3. The van der Waals surface area contributed by atoms with Gasteiger partial charge in [0, 0.05) is 6.42 Å². The van der Waals surface area contributed by atoms with Gasteiger partial charge in [0.2, 0.25) is 0 Å². The Hall–Kier alpha value is -3.15. The van der Waals surface area contributed by atoms with Gasteiger partial charge < -0.3 is 10.1 Å². The van der Waals surface area contributed by atoms with Crippen LogP contribution in [0.5, 0.6) is 0 Å². The predicted molar refractivity (Wildman–Crippen MR) is 109 cm³/mol. The van der Waals surface area contributed by atoms with E-state index in [4.69, 9.17) is 4.74 Å². The SMILES string of the molecule is CC(C)(C)OC(=O)NC1(Cc2ccccc2)C(=O)NC(Cc2ccccc2)C1=O. The van der Waals surface area contributed by atoms with Gasteiger partial charge in [0.1, 0.15) is 5.60 Å². The average Bonchev–Trinajstić information content (AvgIpc) is 2.86. The number of benzene rings is 2. The van der Waals surface area contributed by atoms with Crippen LogP contribution in [0.15, 0.2) is 60.7 Å². The number of amides is 2. The van der Waals surface area contributed by atoms with Gasteiger partial charge in [-0.05, 0) is 38.3 Å². The third kappa shape index (κ3) is 4.83. The minimum absolute atomic E-state index is 0.0586. The zero-order valence-electron chi connectivity index (χ0n) is 16.9. The monoisotopic (exact) mass is 394 g/mol. The fourth-order valence-corrected chi connectivity index (χ4v) is 3.46. The molecule has 1 heterocycles. The van der Waals surface area contributed by atoms with Crippen molar-refractivity contribution in [3.63, 3.8) is 0 Å². The third-order valence-electron chi connectivity index (χ3n) is 4.74. The van der Waals surface area contributed by atoms with Crippen molar-refractivity contribution >= 4 is 17.8 Å². The number of ether oxygens (including phenoxy) is 1. The van der Waals surface area contributed by atoms with Crippen LogP contribution in [0, 0.1) is 0 Å². The molecule has 152 valence electrons. The van der Waals surface area contributed by atoms with Crippen LogP contribution in [0.4, 0.5) is 4.79 Å². The molecule has 29 heavy (non-hydrogen) atoms. The van der Waals surface area contributed by atoms with Gasteiger partial charge in [0.05, 0.1) is 6.04 Å². The molecule has 0 aliphatic carbocycles. The van der Waals surface area contributed by atoms with Crippen LogP contribution in [0.25, 0.3) is 0 Å². The van der Waals surface area contributed by atoms with Crippen LogP contribution >= 0.6 is 0 Å². The summed E-state index contributed by atoms with van der Waals surface area (Å²) >= 11 is 0. The molecule has 6 nitrogen and oxygen atoms in total. The second-order valence-corrected chi connectivity index (χ2v) is 8.27. The first-order valence-electron chi connectivity index (χ1n) is 9.64. The Kier molecular flexibility index (Phi) is 5.73. The normalized spacial score (nSPS) is 21.6. The third-order valence-corrected chi connectivity index (χ3v) is 4.74. The number of ketones is 1. The van der Waals surface area contributed by atoms with E-state index in [1.807, 2.05) is 60.7 Å². The molecule has 0 radical (unpaired) electrons. The number of alkyl carbamates (subject to hydrolysis) is 1. The lowest BCUT2D eigenvalue weighted by Gasteiger charge is -2.28. The van der Waals surface area contributed by atoms with Crippen LogP contribution in [-0.2, 0) is 27.2 Å². The van der Waals surface area contributed by atoms with Crippen LogP contribution in [-0.4, -0.2) is 35.0 Å². The van der Waals surface area contributed by atoms with Gasteiger partial charge in [-0.15, -0.1) is 0 Å². The molecule has 0 aromatic heterocycles. The van der Waals surface area contributed by atoms with E-state index in [1.165, 1.54) is 0 Å². The van der Waals surface area contributed by atoms with Crippen molar-refractivity contribution in [3.8, 4) is 0 Å². The zero-order valence-corrected chi connectivity index (χ0v) is 16.9. The first-order chi connectivity index (χ1) is 13.7. The van der Waals surface area contributed by atoms with E-state index < -0.39 is 29.2 Å². The highest BCUT2D eigenvalue weighted by molar-refractivity contribution is 6.20. The van der Waals surface area contributed by atoms with Crippen molar-refractivity contribution < 1.29 is 19.1 Å². The molecule has 3 rings (SSSR count). The van der Waals surface area contributed by atoms with Crippen LogP contribution < -0.4 is 10.6 Å². The Morgan fingerprint density at radius 3 is 2.10 bits per heavy atom. The molecule has 0 bridgehead atoms. The molecule has 1 aliphatic heterocycles. The Labute approximate surface area is 170 Å². The standard InChI is InChI=1S/C23H26N2O4/c1-22(2,3)29-21(28)25-23(15-17-12-8-5-9-13-17)19(26)18(24-20(23)27)14-16-10-6-4-7-11-16/h4-13,18H,14-15H2,1-3H3,(H,24,27)(H,25,28). The first kappa shape index (κ1) is 20.6. The molecule has 2 aromatic carbocycles. The lowest BCUT2D eigenvalue weighted by atomic mass is 9.85. The lowest BCUT2D eigenvalue weighted by Crippen LogP contribution is -2.60. The molecule has 0 spiro atoms. The highest BCUT2D eigenvalue weighted by Crippen LogP contribution is 2.25. The Morgan fingerprint density at radius 2 is 1.55 bits per heavy atom. The van der Waals surface area contributed by atoms with Gasteiger partial charge in [-0.2, -0.15) is 0 Å². The lowest BCUT2D eigenvalue weighted by molar-refractivity contribution is -0.131. The maximum Gasteiger partial charge on any atom is 0.408 e. The van der Waals surface area contributed by atoms with Gasteiger partial charge in [-0.25, -0.2) is 4.79 Å². The highest BCUT2D eigenvalue weighted by Gasteiger charge is 2.56. The second-order valence-electron chi connectivity index (χ2n) is 8.27. The predicted octanol–water partition coefficient (Wildman–Crippen LogP) is 2.80. The summed E-state index contributed by atoms with van der Waals surface area (Å²) in [6.07, 6.45) is -0.377. The molecule has 6 heteroatoms.